The lowest BCUT2D eigenvalue weighted by Gasteiger charge is -2.37. The molecule has 0 saturated carbocycles. The van der Waals surface area contributed by atoms with Crippen LogP contribution in [0.4, 0.5) is 23.9 Å². The smallest absolute Gasteiger partial charge is 0.337 e. The zero-order valence-electron chi connectivity index (χ0n) is 18.1. The molecule has 2 amide bonds. The molecule has 0 spiro atoms. The van der Waals surface area contributed by atoms with Crippen LogP contribution < -0.4 is 4.90 Å². The number of hydrazone groups is 1. The summed E-state index contributed by atoms with van der Waals surface area (Å²) in [7, 11) is 1.67. The summed E-state index contributed by atoms with van der Waals surface area (Å²) in [4.78, 5) is 25.0. The standard InChI is InChI=1S/C21H20F3N9O/c1-30-12-17(28-29-30)19-16(24)11-25-20(27-19)31-4-6-32(7-5-31)21(34)33-18(2-3-26-33)13-8-14(22)10-15(23)9-13/h3,8-12,18H,2,4-7H2,1H3/t18-/m0/s1. The molecular weight excluding hydrogens is 451 g/mol. The highest BCUT2D eigenvalue weighted by Gasteiger charge is 2.34. The SMILES string of the molecule is Cn1cc(-c2nc(N3CCN(C(=O)N4N=CC[C@H]4c4cc(F)cc(F)c4)CC3)ncc2F)nn1. The molecule has 4 heterocycles. The van der Waals surface area contributed by atoms with E-state index in [-0.39, 0.29) is 11.7 Å². The number of urea groups is 1. The first kappa shape index (κ1) is 21.8. The van der Waals surface area contributed by atoms with Gasteiger partial charge in [-0.25, -0.2) is 32.9 Å². The number of carbonyl (C=O) groups excluding carboxylic acids is 1. The van der Waals surface area contributed by atoms with Gasteiger partial charge in [-0.15, -0.1) is 5.10 Å². The topological polar surface area (TPSA) is 95.6 Å². The number of anilines is 1. The molecular formula is C21H20F3N9O. The summed E-state index contributed by atoms with van der Waals surface area (Å²) in [6.45, 7) is 1.51. The lowest BCUT2D eigenvalue weighted by Crippen LogP contribution is -2.52. The Labute approximate surface area is 192 Å². The number of benzene rings is 1. The Balaban J connectivity index is 1.27. The molecule has 1 saturated heterocycles. The molecule has 2 aliphatic heterocycles. The summed E-state index contributed by atoms with van der Waals surface area (Å²) in [6, 6.07) is 2.27. The van der Waals surface area contributed by atoms with Gasteiger partial charge in [0.2, 0.25) is 5.95 Å². The molecule has 1 aromatic carbocycles. The molecule has 2 aliphatic rings. The van der Waals surface area contributed by atoms with Crippen molar-refractivity contribution in [3.63, 3.8) is 0 Å². The lowest BCUT2D eigenvalue weighted by atomic mass is 10.0. The molecule has 34 heavy (non-hydrogen) atoms. The van der Waals surface area contributed by atoms with Gasteiger partial charge in [-0.1, -0.05) is 5.21 Å². The van der Waals surface area contributed by atoms with Crippen molar-refractivity contribution in [2.75, 3.05) is 31.1 Å². The quantitative estimate of drug-likeness (QED) is 0.582. The van der Waals surface area contributed by atoms with E-state index in [1.165, 1.54) is 21.8 Å². The third-order valence-electron chi connectivity index (χ3n) is 5.71. The molecule has 5 rings (SSSR count). The average molecular weight is 471 g/mol. The number of rotatable bonds is 3. The zero-order chi connectivity index (χ0) is 23.8. The number of aryl methyl sites for hydroxylation is 1. The van der Waals surface area contributed by atoms with Gasteiger partial charge >= 0.3 is 6.03 Å². The average Bonchev–Trinajstić information content (AvgIpc) is 3.48. The van der Waals surface area contributed by atoms with Crippen molar-refractivity contribution in [3.05, 3.63) is 53.6 Å². The first-order valence-corrected chi connectivity index (χ1v) is 10.6. The first-order valence-electron chi connectivity index (χ1n) is 10.6. The maximum Gasteiger partial charge on any atom is 0.341 e. The second-order valence-electron chi connectivity index (χ2n) is 8.00. The van der Waals surface area contributed by atoms with Gasteiger partial charge in [0.15, 0.2) is 5.82 Å². The minimum Gasteiger partial charge on any atom is -0.337 e. The van der Waals surface area contributed by atoms with Gasteiger partial charge in [0.1, 0.15) is 23.0 Å². The zero-order valence-corrected chi connectivity index (χ0v) is 18.1. The van der Waals surface area contributed by atoms with Crippen LogP contribution in [0.2, 0.25) is 0 Å². The van der Waals surface area contributed by atoms with Crippen molar-refractivity contribution in [2.24, 2.45) is 12.1 Å². The lowest BCUT2D eigenvalue weighted by molar-refractivity contribution is 0.139. The van der Waals surface area contributed by atoms with E-state index in [0.717, 1.165) is 12.3 Å². The van der Waals surface area contributed by atoms with E-state index in [1.54, 1.807) is 24.4 Å². The summed E-state index contributed by atoms with van der Waals surface area (Å²) in [5.41, 5.74) is 0.690. The van der Waals surface area contributed by atoms with Crippen LogP contribution in [-0.2, 0) is 7.05 Å². The van der Waals surface area contributed by atoms with Gasteiger partial charge in [0.05, 0.1) is 18.4 Å². The highest BCUT2D eigenvalue weighted by molar-refractivity contribution is 5.78. The molecule has 1 fully saturated rings. The summed E-state index contributed by atoms with van der Waals surface area (Å²) < 4.78 is 43.1. The van der Waals surface area contributed by atoms with Crippen molar-refractivity contribution in [3.8, 4) is 11.4 Å². The normalized spacial score (nSPS) is 18.1. The predicted octanol–water partition coefficient (Wildman–Crippen LogP) is 2.36. The van der Waals surface area contributed by atoms with Gasteiger partial charge in [-0.2, -0.15) is 5.10 Å². The van der Waals surface area contributed by atoms with Crippen molar-refractivity contribution in [2.45, 2.75) is 12.5 Å². The number of aromatic nitrogens is 5. The van der Waals surface area contributed by atoms with Gasteiger partial charge < -0.3 is 9.80 Å². The minimum absolute atomic E-state index is 0.0492. The van der Waals surface area contributed by atoms with Crippen LogP contribution >= 0.6 is 0 Å². The fourth-order valence-electron chi connectivity index (χ4n) is 4.03. The molecule has 176 valence electrons. The summed E-state index contributed by atoms with van der Waals surface area (Å²) in [5, 5.41) is 13.1. The van der Waals surface area contributed by atoms with Crippen molar-refractivity contribution < 1.29 is 18.0 Å². The van der Waals surface area contributed by atoms with Gasteiger partial charge in [0.25, 0.3) is 0 Å². The fraction of sp³-hybridized carbons (Fsp3) is 0.333. The highest BCUT2D eigenvalue weighted by atomic mass is 19.1. The Hall–Kier alpha value is -4.03. The van der Waals surface area contributed by atoms with E-state index >= 15 is 0 Å². The molecule has 0 unspecified atom stereocenters. The molecule has 2 aromatic heterocycles. The van der Waals surface area contributed by atoms with E-state index in [4.69, 9.17) is 0 Å². The van der Waals surface area contributed by atoms with Gasteiger partial charge in [0, 0.05) is 51.9 Å². The predicted molar refractivity (Wildman–Crippen MR) is 115 cm³/mol. The maximum atomic E-state index is 14.3. The fourth-order valence-corrected chi connectivity index (χ4v) is 4.03. The minimum atomic E-state index is -0.705. The summed E-state index contributed by atoms with van der Waals surface area (Å²) >= 11 is 0. The van der Waals surface area contributed by atoms with Crippen LogP contribution in [0.15, 0.2) is 35.7 Å². The van der Waals surface area contributed by atoms with E-state index in [1.807, 2.05) is 4.90 Å². The Bertz CT molecular complexity index is 1240. The van der Waals surface area contributed by atoms with Crippen LogP contribution in [0.3, 0.4) is 0 Å². The third kappa shape index (κ3) is 4.16. The van der Waals surface area contributed by atoms with Crippen LogP contribution in [0.25, 0.3) is 11.4 Å². The number of amides is 2. The Morgan fingerprint density at radius 3 is 2.47 bits per heavy atom. The molecule has 3 aromatic rings. The van der Waals surface area contributed by atoms with Crippen LogP contribution in [0, 0.1) is 17.5 Å². The van der Waals surface area contributed by atoms with E-state index in [2.05, 4.69) is 25.4 Å². The van der Waals surface area contributed by atoms with E-state index in [0.29, 0.717) is 49.8 Å². The van der Waals surface area contributed by atoms with Gasteiger partial charge in [-0.3, -0.25) is 4.68 Å². The number of nitrogens with zero attached hydrogens (tertiary/aromatic N) is 9. The van der Waals surface area contributed by atoms with Crippen LogP contribution in [0.1, 0.15) is 18.0 Å². The summed E-state index contributed by atoms with van der Waals surface area (Å²) in [6.07, 6.45) is 4.57. The Morgan fingerprint density at radius 1 is 1.06 bits per heavy atom. The largest absolute Gasteiger partial charge is 0.341 e. The molecule has 0 aliphatic carbocycles. The van der Waals surface area contributed by atoms with E-state index < -0.39 is 23.5 Å². The monoisotopic (exact) mass is 471 g/mol. The number of carbonyl (C=O) groups is 1. The van der Waals surface area contributed by atoms with Crippen molar-refractivity contribution >= 4 is 18.2 Å². The summed E-state index contributed by atoms with van der Waals surface area (Å²) in [5.74, 6) is -1.70. The number of hydrogen-bond donors (Lipinski definition) is 0. The molecule has 0 N–H and O–H groups in total. The van der Waals surface area contributed by atoms with Crippen molar-refractivity contribution in [1.29, 1.82) is 0 Å². The molecule has 13 heteroatoms. The Morgan fingerprint density at radius 2 is 1.79 bits per heavy atom. The number of halogens is 3. The third-order valence-corrected chi connectivity index (χ3v) is 5.71. The molecule has 1 atom stereocenters. The highest BCUT2D eigenvalue weighted by Crippen LogP contribution is 2.30. The number of hydrogen-bond acceptors (Lipinski definition) is 7. The maximum absolute atomic E-state index is 14.3. The second-order valence-corrected chi connectivity index (χ2v) is 8.00. The van der Waals surface area contributed by atoms with Crippen LogP contribution in [0.5, 0.6) is 0 Å². The molecule has 0 bridgehead atoms. The first-order chi connectivity index (χ1) is 16.4. The number of piperazine rings is 1. The van der Waals surface area contributed by atoms with Crippen molar-refractivity contribution in [1.82, 2.24) is 34.9 Å². The molecule has 10 nitrogen and oxygen atoms in total. The van der Waals surface area contributed by atoms with Gasteiger partial charge in [-0.05, 0) is 17.7 Å². The Kier molecular flexibility index (Phi) is 5.59. The molecule has 0 radical (unpaired) electrons. The van der Waals surface area contributed by atoms with Crippen LogP contribution in [-0.4, -0.2) is 73.3 Å². The second kappa shape index (κ2) is 8.72. The van der Waals surface area contributed by atoms with E-state index in [9.17, 15) is 18.0 Å².